The van der Waals surface area contributed by atoms with Crippen LogP contribution in [-0.4, -0.2) is 11.3 Å². The Kier molecular flexibility index (Phi) is 4.44. The van der Waals surface area contributed by atoms with Crippen LogP contribution in [0.3, 0.4) is 0 Å². The molecule has 0 bridgehead atoms. The molecule has 0 unspecified atom stereocenters. The van der Waals surface area contributed by atoms with Crippen molar-refractivity contribution in [1.82, 2.24) is 0 Å². The Labute approximate surface area is 66.0 Å². The van der Waals surface area contributed by atoms with Gasteiger partial charge in [0, 0.05) is 0 Å². The third-order valence-electron chi connectivity index (χ3n) is 0.447. The van der Waals surface area contributed by atoms with Gasteiger partial charge < -0.3 is 0 Å². The van der Waals surface area contributed by atoms with Crippen LogP contribution in [0.1, 0.15) is 0 Å². The van der Waals surface area contributed by atoms with Crippen LogP contribution in [0.15, 0.2) is 0 Å². The molecule has 0 aliphatic heterocycles. The predicted octanol–water partition coefficient (Wildman–Crippen LogP) is 1.64. The van der Waals surface area contributed by atoms with Gasteiger partial charge in [-0.3, -0.25) is 0 Å². The van der Waals surface area contributed by atoms with Gasteiger partial charge in [0.05, 0.1) is 0 Å². The van der Waals surface area contributed by atoms with Gasteiger partial charge in [0.25, 0.3) is 0 Å². The highest BCUT2D eigenvalue weighted by Gasteiger charge is 2.15. The molecule has 0 saturated carbocycles. The Balaban J connectivity index is 3.15. The summed E-state index contributed by atoms with van der Waals surface area (Å²) in [7, 11) is 0. The summed E-state index contributed by atoms with van der Waals surface area (Å²) in [5.41, 5.74) is -1.65. The van der Waals surface area contributed by atoms with E-state index in [2.05, 4.69) is 48.9 Å². The van der Waals surface area contributed by atoms with Crippen molar-refractivity contribution in [1.29, 1.82) is 0 Å². The molecule has 0 amide bonds. The minimum Gasteiger partial charge on any atom is -0.180 e. The van der Waals surface area contributed by atoms with Crippen LogP contribution >= 0.6 is 48.9 Å². The van der Waals surface area contributed by atoms with Crippen LogP contribution in [0.5, 0.6) is 0 Å². The maximum Gasteiger partial charge on any atom is 0.229 e. The van der Waals surface area contributed by atoms with Gasteiger partial charge in [0.2, 0.25) is 5.52 Å². The minimum absolute atomic E-state index is 0.836. The van der Waals surface area contributed by atoms with Crippen molar-refractivity contribution in [3.63, 3.8) is 0 Å². The summed E-state index contributed by atoms with van der Waals surface area (Å²) < 4.78 is 0. The quantitative estimate of drug-likeness (QED) is 0.368. The van der Waals surface area contributed by atoms with Crippen molar-refractivity contribution < 1.29 is 0 Å². The van der Waals surface area contributed by atoms with E-state index in [1.54, 1.807) is 0 Å². The molecule has 0 radical (unpaired) electrons. The van der Waals surface area contributed by atoms with Gasteiger partial charge in [-0.05, 0) is 11.8 Å². The van der Waals surface area contributed by atoms with E-state index in [4.69, 9.17) is 0 Å². The standard InChI is InChI=1S/C2H8S4Si/c3-1-2-7(4,5)6/h3-6H,1-2H2. The zero-order chi connectivity index (χ0) is 5.91. The smallest absolute Gasteiger partial charge is 0.180 e. The van der Waals surface area contributed by atoms with E-state index in [9.17, 15) is 0 Å². The average Bonchev–Trinajstić information content (AvgIpc) is 1.30. The van der Waals surface area contributed by atoms with E-state index in [1.165, 1.54) is 0 Å². The Hall–Kier alpha value is 1.62. The summed E-state index contributed by atoms with van der Waals surface area (Å²) >= 11 is 16.5. The summed E-state index contributed by atoms with van der Waals surface area (Å²) in [5.74, 6) is 0.836. The van der Waals surface area contributed by atoms with Gasteiger partial charge in [-0.1, -0.05) is 0 Å². The molecule has 0 aliphatic carbocycles. The first-order chi connectivity index (χ1) is 3.06. The Bertz CT molecular complexity index is 48.1. The van der Waals surface area contributed by atoms with E-state index < -0.39 is 5.52 Å². The first kappa shape index (κ1) is 8.62. The Morgan fingerprint density at radius 3 is 1.57 bits per heavy atom. The Morgan fingerprint density at radius 2 is 1.57 bits per heavy atom. The minimum atomic E-state index is -1.65. The van der Waals surface area contributed by atoms with Gasteiger partial charge in [-0.25, -0.2) is 0 Å². The molecule has 0 spiro atoms. The second-order valence-electron chi connectivity index (χ2n) is 1.25. The molecule has 0 aromatic carbocycles. The highest BCUT2D eigenvalue weighted by atomic mass is 32.7. The zero-order valence-corrected chi connectivity index (χ0v) is 8.28. The molecule has 0 aromatic rings. The number of thiol groups is 4. The number of hydrogen-bond acceptors (Lipinski definition) is 4. The monoisotopic (exact) mass is 188 g/mol. The van der Waals surface area contributed by atoms with Gasteiger partial charge >= 0.3 is 0 Å². The zero-order valence-electron chi connectivity index (χ0n) is 3.70. The molecular formula is C2H8S4Si. The van der Waals surface area contributed by atoms with Crippen LogP contribution < -0.4 is 0 Å². The van der Waals surface area contributed by atoms with E-state index in [1.807, 2.05) is 0 Å². The normalized spacial score (nSPS) is 12.0. The van der Waals surface area contributed by atoms with Gasteiger partial charge in [-0.2, -0.15) is 48.9 Å². The first-order valence-corrected chi connectivity index (χ1v) is 8.55. The van der Waals surface area contributed by atoms with Gasteiger partial charge in [0.1, 0.15) is 0 Å². The molecule has 0 N–H and O–H groups in total. The molecule has 0 saturated heterocycles. The maximum absolute atomic E-state index is 4.15. The fraction of sp³-hybridized carbons (Fsp3) is 1.00. The van der Waals surface area contributed by atoms with E-state index >= 15 is 0 Å². The largest absolute Gasteiger partial charge is 0.229 e. The summed E-state index contributed by atoms with van der Waals surface area (Å²) in [6.45, 7) is 0. The molecule has 0 nitrogen and oxygen atoms in total. The molecule has 0 aliphatic rings. The van der Waals surface area contributed by atoms with Crippen LogP contribution in [0.25, 0.3) is 0 Å². The highest BCUT2D eigenvalue weighted by molar-refractivity contribution is 8.68. The predicted molar refractivity (Wildman–Crippen MR) is 51.4 cm³/mol. The summed E-state index contributed by atoms with van der Waals surface area (Å²) in [4.78, 5) is 0. The van der Waals surface area contributed by atoms with Gasteiger partial charge in [-0.15, -0.1) is 0 Å². The Morgan fingerprint density at radius 1 is 1.14 bits per heavy atom. The lowest BCUT2D eigenvalue weighted by Gasteiger charge is -2.07. The average molecular weight is 188 g/mol. The van der Waals surface area contributed by atoms with Crippen LogP contribution in [0.2, 0.25) is 6.04 Å². The second kappa shape index (κ2) is 3.61. The maximum atomic E-state index is 4.15. The van der Waals surface area contributed by atoms with E-state index in [0.717, 1.165) is 11.8 Å². The lowest BCUT2D eigenvalue weighted by molar-refractivity contribution is 1.50. The molecule has 44 valence electrons. The van der Waals surface area contributed by atoms with Gasteiger partial charge in [0.15, 0.2) is 0 Å². The fourth-order valence-electron chi connectivity index (χ4n) is 0.150. The lowest BCUT2D eigenvalue weighted by Crippen LogP contribution is -2.09. The van der Waals surface area contributed by atoms with Crippen LogP contribution in [0.4, 0.5) is 0 Å². The molecule has 0 fully saturated rings. The van der Waals surface area contributed by atoms with Crippen molar-refractivity contribution in [2.24, 2.45) is 0 Å². The van der Waals surface area contributed by atoms with Crippen molar-refractivity contribution in [2.75, 3.05) is 5.75 Å². The number of rotatable bonds is 2. The molecule has 0 heterocycles. The van der Waals surface area contributed by atoms with Crippen molar-refractivity contribution in [2.45, 2.75) is 6.04 Å². The summed E-state index contributed by atoms with van der Waals surface area (Å²) in [6.07, 6.45) is 0. The topological polar surface area (TPSA) is 0 Å². The van der Waals surface area contributed by atoms with Crippen molar-refractivity contribution in [3.05, 3.63) is 0 Å². The first-order valence-electron chi connectivity index (χ1n) is 1.84. The molecule has 0 atom stereocenters. The number of hydrogen-bond donors (Lipinski definition) is 4. The summed E-state index contributed by atoms with van der Waals surface area (Å²) in [6, 6.07) is 0.936. The molecule has 0 aromatic heterocycles. The lowest BCUT2D eigenvalue weighted by atomic mass is 11.0. The fourth-order valence-corrected chi connectivity index (χ4v) is 4.05. The van der Waals surface area contributed by atoms with Crippen LogP contribution in [-0.2, 0) is 0 Å². The van der Waals surface area contributed by atoms with Crippen molar-refractivity contribution >= 4 is 54.4 Å². The molecule has 0 rings (SSSR count). The van der Waals surface area contributed by atoms with E-state index in [-0.39, 0.29) is 0 Å². The third kappa shape index (κ3) is 7.62. The summed E-state index contributed by atoms with van der Waals surface area (Å²) in [5, 5.41) is 0. The molecule has 5 heteroatoms. The van der Waals surface area contributed by atoms with Crippen molar-refractivity contribution in [3.8, 4) is 0 Å². The second-order valence-corrected chi connectivity index (χ2v) is 13.8. The molecular weight excluding hydrogens is 180 g/mol. The van der Waals surface area contributed by atoms with E-state index in [0.29, 0.717) is 0 Å². The third-order valence-corrected chi connectivity index (χ3v) is 4.02. The SMILES string of the molecule is SCC[Si](S)(S)S. The molecule has 7 heavy (non-hydrogen) atoms. The van der Waals surface area contributed by atoms with Crippen LogP contribution in [0, 0.1) is 0 Å². The highest BCUT2D eigenvalue weighted by Crippen LogP contribution is 2.22.